The summed E-state index contributed by atoms with van der Waals surface area (Å²) >= 11 is 1.47. The second kappa shape index (κ2) is 7.81. The smallest absolute Gasteiger partial charge is 0.257 e. The number of carbonyl (C=O) groups is 1. The van der Waals surface area contributed by atoms with Crippen LogP contribution in [0.5, 0.6) is 11.5 Å². The van der Waals surface area contributed by atoms with Gasteiger partial charge in [0.05, 0.1) is 14.2 Å². The van der Waals surface area contributed by atoms with Crippen LogP contribution in [0.15, 0.2) is 54.7 Å². The fourth-order valence-electron chi connectivity index (χ4n) is 2.39. The lowest BCUT2D eigenvalue weighted by atomic mass is 10.1. The van der Waals surface area contributed by atoms with E-state index in [1.54, 1.807) is 31.5 Å². The molecular formula is C19H18N2O3S. The molecule has 1 N–H and O–H groups in total. The molecule has 1 aromatic heterocycles. The molecule has 1 amide bonds. The van der Waals surface area contributed by atoms with E-state index in [0.29, 0.717) is 22.2 Å². The number of aromatic nitrogens is 1. The summed E-state index contributed by atoms with van der Waals surface area (Å²) in [6.45, 7) is 0. The number of anilines is 1. The first-order chi connectivity index (χ1) is 12.2. The molecule has 3 aromatic rings. The summed E-state index contributed by atoms with van der Waals surface area (Å²) in [5.74, 6) is 0.860. The highest BCUT2D eigenvalue weighted by molar-refractivity contribution is 7.15. The van der Waals surface area contributed by atoms with Crippen LogP contribution in [-0.2, 0) is 6.42 Å². The Hall–Kier alpha value is -2.86. The van der Waals surface area contributed by atoms with E-state index in [4.69, 9.17) is 9.47 Å². The number of hydrogen-bond donors (Lipinski definition) is 1. The topological polar surface area (TPSA) is 60.5 Å². The number of carbonyl (C=O) groups excluding carboxylic acids is 1. The number of thiazole rings is 1. The van der Waals surface area contributed by atoms with Gasteiger partial charge in [-0.1, -0.05) is 30.3 Å². The van der Waals surface area contributed by atoms with E-state index >= 15 is 0 Å². The van der Waals surface area contributed by atoms with Gasteiger partial charge in [-0.3, -0.25) is 10.1 Å². The predicted molar refractivity (Wildman–Crippen MR) is 98.9 cm³/mol. The van der Waals surface area contributed by atoms with Crippen LogP contribution in [0.3, 0.4) is 0 Å². The average molecular weight is 354 g/mol. The fourth-order valence-corrected chi connectivity index (χ4v) is 3.23. The molecule has 0 radical (unpaired) electrons. The predicted octanol–water partition coefficient (Wildman–Crippen LogP) is 4.00. The summed E-state index contributed by atoms with van der Waals surface area (Å²) in [6.07, 6.45) is 2.59. The van der Waals surface area contributed by atoms with Crippen molar-refractivity contribution in [2.24, 2.45) is 0 Å². The average Bonchev–Trinajstić information content (AvgIpc) is 3.08. The molecule has 0 saturated carbocycles. The molecule has 1 heterocycles. The molecule has 2 aromatic carbocycles. The molecule has 5 nitrogen and oxygen atoms in total. The van der Waals surface area contributed by atoms with Crippen LogP contribution in [0.2, 0.25) is 0 Å². The molecule has 0 unspecified atom stereocenters. The van der Waals surface area contributed by atoms with Gasteiger partial charge in [-0.25, -0.2) is 4.98 Å². The van der Waals surface area contributed by atoms with Crippen molar-refractivity contribution in [1.29, 1.82) is 0 Å². The Balaban J connectivity index is 1.69. The second-order valence-electron chi connectivity index (χ2n) is 5.32. The number of rotatable bonds is 6. The quantitative estimate of drug-likeness (QED) is 0.727. The van der Waals surface area contributed by atoms with Gasteiger partial charge in [0.25, 0.3) is 5.91 Å². The lowest BCUT2D eigenvalue weighted by Crippen LogP contribution is -2.11. The first-order valence-electron chi connectivity index (χ1n) is 7.71. The molecule has 0 atom stereocenters. The SMILES string of the molecule is COc1ccc(C(=O)Nc2ncc(Cc3ccccc3)s2)cc1OC. The number of nitrogens with one attached hydrogen (secondary N) is 1. The third-order valence-electron chi connectivity index (χ3n) is 3.64. The zero-order chi connectivity index (χ0) is 17.6. The Morgan fingerprint density at radius 2 is 1.84 bits per heavy atom. The number of hydrogen-bond acceptors (Lipinski definition) is 5. The fraction of sp³-hybridized carbons (Fsp3) is 0.158. The van der Waals surface area contributed by atoms with Gasteiger partial charge in [-0.2, -0.15) is 0 Å². The molecule has 3 rings (SSSR count). The van der Waals surface area contributed by atoms with Gasteiger partial charge >= 0.3 is 0 Å². The van der Waals surface area contributed by atoms with E-state index in [2.05, 4.69) is 22.4 Å². The van der Waals surface area contributed by atoms with Crippen molar-refractivity contribution >= 4 is 22.4 Å². The molecule has 25 heavy (non-hydrogen) atoms. The van der Waals surface area contributed by atoms with Crippen LogP contribution in [0.1, 0.15) is 20.8 Å². The number of benzene rings is 2. The summed E-state index contributed by atoms with van der Waals surface area (Å²) in [7, 11) is 3.09. The van der Waals surface area contributed by atoms with Crippen molar-refractivity contribution in [2.75, 3.05) is 19.5 Å². The lowest BCUT2D eigenvalue weighted by Gasteiger charge is -2.09. The van der Waals surface area contributed by atoms with Crippen LogP contribution in [0.25, 0.3) is 0 Å². The van der Waals surface area contributed by atoms with Gasteiger partial charge in [0.15, 0.2) is 16.6 Å². The van der Waals surface area contributed by atoms with Crippen LogP contribution in [0.4, 0.5) is 5.13 Å². The van der Waals surface area contributed by atoms with Crippen LogP contribution in [0, 0.1) is 0 Å². The van der Waals surface area contributed by atoms with E-state index in [1.807, 2.05) is 18.2 Å². The van der Waals surface area contributed by atoms with E-state index in [9.17, 15) is 4.79 Å². The minimum atomic E-state index is -0.235. The number of amides is 1. The molecule has 0 aliphatic rings. The third kappa shape index (κ3) is 4.16. The Labute approximate surface area is 150 Å². The van der Waals surface area contributed by atoms with Crippen LogP contribution in [-0.4, -0.2) is 25.1 Å². The maximum absolute atomic E-state index is 12.4. The number of methoxy groups -OCH3 is 2. The van der Waals surface area contributed by atoms with Gasteiger partial charge in [-0.15, -0.1) is 11.3 Å². The van der Waals surface area contributed by atoms with Gasteiger partial charge in [0.2, 0.25) is 0 Å². The molecule has 0 fully saturated rings. The summed E-state index contributed by atoms with van der Waals surface area (Å²) in [5, 5.41) is 3.40. The highest BCUT2D eigenvalue weighted by Gasteiger charge is 2.13. The maximum atomic E-state index is 12.4. The lowest BCUT2D eigenvalue weighted by molar-refractivity contribution is 0.102. The molecule has 0 aliphatic heterocycles. The highest BCUT2D eigenvalue weighted by Crippen LogP contribution is 2.28. The summed E-state index contributed by atoms with van der Waals surface area (Å²) < 4.78 is 10.4. The first kappa shape index (κ1) is 17.0. The summed E-state index contributed by atoms with van der Waals surface area (Å²) in [6, 6.07) is 15.2. The number of nitrogens with zero attached hydrogens (tertiary/aromatic N) is 1. The van der Waals surface area contributed by atoms with Crippen molar-refractivity contribution < 1.29 is 14.3 Å². The molecule has 0 saturated heterocycles. The van der Waals surface area contributed by atoms with Gasteiger partial charge in [-0.05, 0) is 23.8 Å². The summed E-state index contributed by atoms with van der Waals surface area (Å²) in [4.78, 5) is 17.8. The minimum Gasteiger partial charge on any atom is -0.493 e. The Bertz CT molecular complexity index is 862. The number of ether oxygens (including phenoxy) is 2. The molecule has 0 spiro atoms. The van der Waals surface area contributed by atoms with Gasteiger partial charge in [0.1, 0.15) is 0 Å². The zero-order valence-electron chi connectivity index (χ0n) is 14.0. The van der Waals surface area contributed by atoms with Gasteiger partial charge < -0.3 is 9.47 Å². The minimum absolute atomic E-state index is 0.235. The standard InChI is InChI=1S/C19H18N2O3S/c1-23-16-9-8-14(11-17(16)24-2)18(22)21-19-20-12-15(25-19)10-13-6-4-3-5-7-13/h3-9,11-12H,10H2,1-2H3,(H,20,21,22). The summed E-state index contributed by atoms with van der Waals surface area (Å²) in [5.41, 5.74) is 1.70. The Kier molecular flexibility index (Phi) is 5.30. The van der Waals surface area contributed by atoms with Crippen LogP contribution >= 0.6 is 11.3 Å². The zero-order valence-corrected chi connectivity index (χ0v) is 14.8. The van der Waals surface area contributed by atoms with Crippen molar-refractivity contribution in [3.8, 4) is 11.5 Å². The molecule has 0 bridgehead atoms. The van der Waals surface area contributed by atoms with E-state index in [1.165, 1.54) is 24.0 Å². The van der Waals surface area contributed by atoms with E-state index in [0.717, 1.165) is 11.3 Å². The van der Waals surface area contributed by atoms with Crippen molar-refractivity contribution in [3.63, 3.8) is 0 Å². The first-order valence-corrected chi connectivity index (χ1v) is 8.53. The molecule has 0 aliphatic carbocycles. The molecule has 128 valence electrons. The monoisotopic (exact) mass is 354 g/mol. The Morgan fingerprint density at radius 3 is 2.56 bits per heavy atom. The molecule has 6 heteroatoms. The largest absolute Gasteiger partial charge is 0.493 e. The van der Waals surface area contributed by atoms with Crippen molar-refractivity contribution in [3.05, 3.63) is 70.7 Å². The van der Waals surface area contributed by atoms with E-state index in [-0.39, 0.29) is 5.91 Å². The second-order valence-corrected chi connectivity index (χ2v) is 6.43. The third-order valence-corrected chi connectivity index (χ3v) is 4.55. The highest BCUT2D eigenvalue weighted by atomic mass is 32.1. The maximum Gasteiger partial charge on any atom is 0.257 e. The van der Waals surface area contributed by atoms with Crippen LogP contribution < -0.4 is 14.8 Å². The van der Waals surface area contributed by atoms with Crippen molar-refractivity contribution in [1.82, 2.24) is 4.98 Å². The normalized spacial score (nSPS) is 10.3. The van der Waals surface area contributed by atoms with Crippen molar-refractivity contribution in [2.45, 2.75) is 6.42 Å². The molecular weight excluding hydrogens is 336 g/mol. The van der Waals surface area contributed by atoms with E-state index < -0.39 is 0 Å². The van der Waals surface area contributed by atoms with Gasteiger partial charge in [0, 0.05) is 23.1 Å². The Morgan fingerprint density at radius 1 is 1.08 bits per heavy atom.